The molecule has 1 aromatic heterocycles. The molecule has 0 fully saturated rings. The number of rotatable bonds is 6. The summed E-state index contributed by atoms with van der Waals surface area (Å²) in [4.78, 5) is 21.8. The fourth-order valence-electron chi connectivity index (χ4n) is 3.11. The molecule has 0 saturated carbocycles. The molecule has 0 bridgehead atoms. The van der Waals surface area contributed by atoms with Gasteiger partial charge in [-0.05, 0) is 38.4 Å². The van der Waals surface area contributed by atoms with Crippen LogP contribution in [0.25, 0.3) is 10.2 Å². The highest BCUT2D eigenvalue weighted by atomic mass is 32.1. The number of anilines is 1. The number of ether oxygens (including phenoxy) is 3. The lowest BCUT2D eigenvalue weighted by Gasteiger charge is -2.30. The van der Waals surface area contributed by atoms with Gasteiger partial charge in [-0.15, -0.1) is 0 Å². The lowest BCUT2D eigenvalue weighted by Crippen LogP contribution is -2.48. The summed E-state index contributed by atoms with van der Waals surface area (Å²) in [5, 5.41) is 0.624. The average molecular weight is 413 g/mol. The summed E-state index contributed by atoms with van der Waals surface area (Å²) in [5.41, 5.74) is 0.754. The molecule has 7 nitrogen and oxygen atoms in total. The third-order valence-electron chi connectivity index (χ3n) is 4.64. The monoisotopic (exact) mass is 413 g/mol. The van der Waals surface area contributed by atoms with Crippen molar-refractivity contribution in [1.82, 2.24) is 9.88 Å². The molecule has 0 N–H and O–H groups in total. The largest absolute Gasteiger partial charge is 0.494 e. The van der Waals surface area contributed by atoms with Crippen LogP contribution < -0.4 is 19.1 Å². The summed E-state index contributed by atoms with van der Waals surface area (Å²) in [5.74, 6) is 1.76. The van der Waals surface area contributed by atoms with Crippen molar-refractivity contribution in [3.63, 3.8) is 0 Å². The topological polar surface area (TPSA) is 64.1 Å². The van der Waals surface area contributed by atoms with Crippen LogP contribution in [0.5, 0.6) is 17.2 Å². The Hall–Kier alpha value is -2.84. The van der Waals surface area contributed by atoms with Crippen LogP contribution in [0.1, 0.15) is 0 Å². The molecule has 4 rings (SSSR count). The molecule has 0 unspecified atom stereocenters. The van der Waals surface area contributed by atoms with Crippen molar-refractivity contribution in [1.29, 1.82) is 0 Å². The van der Waals surface area contributed by atoms with Gasteiger partial charge in [0.05, 0.1) is 11.8 Å². The summed E-state index contributed by atoms with van der Waals surface area (Å²) in [7, 11) is 5.56. The maximum Gasteiger partial charge on any atom is 0.273 e. The first-order valence-electron chi connectivity index (χ1n) is 9.35. The molecule has 8 heteroatoms. The van der Waals surface area contributed by atoms with E-state index < -0.39 is 6.10 Å². The molecule has 2 aromatic carbocycles. The fraction of sp³-hybridized carbons (Fsp3) is 0.333. The highest BCUT2D eigenvalue weighted by Gasteiger charge is 2.33. The van der Waals surface area contributed by atoms with Crippen LogP contribution in [0.4, 0.5) is 5.13 Å². The van der Waals surface area contributed by atoms with E-state index in [0.717, 1.165) is 10.2 Å². The summed E-state index contributed by atoms with van der Waals surface area (Å²) < 4.78 is 18.1. The van der Waals surface area contributed by atoms with Crippen LogP contribution in [0.15, 0.2) is 42.5 Å². The van der Waals surface area contributed by atoms with Gasteiger partial charge in [0.2, 0.25) is 6.10 Å². The van der Waals surface area contributed by atoms with Gasteiger partial charge in [0.1, 0.15) is 17.9 Å². The summed E-state index contributed by atoms with van der Waals surface area (Å²) in [6.07, 6.45) is -0.721. The normalized spacial score (nSPS) is 15.5. The van der Waals surface area contributed by atoms with Gasteiger partial charge in [-0.25, -0.2) is 4.98 Å². The van der Waals surface area contributed by atoms with E-state index in [9.17, 15) is 4.79 Å². The number of nitrogens with zero attached hydrogens (tertiary/aromatic N) is 3. The second kappa shape index (κ2) is 8.26. The standard InChI is InChI=1S/C21H23N3O4S/c1-23(2)11-12-24(21-22-19-16(26-3)9-6-10-18(19)29-21)20(25)17-13-27-14-7-4-5-8-15(14)28-17/h4-10,17H,11-13H2,1-3H3/t17-/m0/s1. The van der Waals surface area contributed by atoms with Crippen molar-refractivity contribution in [2.75, 3.05) is 45.8 Å². The van der Waals surface area contributed by atoms with Crippen LogP contribution in [0.3, 0.4) is 0 Å². The van der Waals surface area contributed by atoms with Gasteiger partial charge >= 0.3 is 0 Å². The molecule has 3 aromatic rings. The van der Waals surface area contributed by atoms with Crippen molar-refractivity contribution < 1.29 is 19.0 Å². The molecule has 1 aliphatic heterocycles. The second-order valence-corrected chi connectivity index (χ2v) is 7.97. The maximum absolute atomic E-state index is 13.4. The number of hydrogen-bond donors (Lipinski definition) is 0. The number of aromatic nitrogens is 1. The highest BCUT2D eigenvalue weighted by molar-refractivity contribution is 7.22. The van der Waals surface area contributed by atoms with E-state index in [-0.39, 0.29) is 12.5 Å². The number of carbonyl (C=O) groups is 1. The summed E-state index contributed by atoms with van der Waals surface area (Å²) in [6.45, 7) is 1.36. The third kappa shape index (κ3) is 3.99. The SMILES string of the molecule is COc1cccc2sc(N(CCN(C)C)C(=O)[C@@H]3COc4ccccc4O3)nc12. The van der Waals surface area contributed by atoms with E-state index in [1.165, 1.54) is 11.3 Å². The van der Waals surface area contributed by atoms with E-state index in [1.807, 2.05) is 61.5 Å². The predicted molar refractivity (Wildman–Crippen MR) is 113 cm³/mol. The molecule has 0 aliphatic carbocycles. The maximum atomic E-state index is 13.4. The van der Waals surface area contributed by atoms with Crippen LogP contribution >= 0.6 is 11.3 Å². The van der Waals surface area contributed by atoms with Crippen LogP contribution in [-0.2, 0) is 4.79 Å². The number of amides is 1. The zero-order valence-electron chi connectivity index (χ0n) is 16.6. The number of hydrogen-bond acceptors (Lipinski definition) is 7. The Morgan fingerprint density at radius 2 is 1.97 bits per heavy atom. The predicted octanol–water partition coefficient (Wildman–Crippen LogP) is 3.04. The molecular formula is C21H23N3O4S. The van der Waals surface area contributed by atoms with Gasteiger partial charge in [0.25, 0.3) is 5.91 Å². The zero-order valence-corrected chi connectivity index (χ0v) is 17.4. The van der Waals surface area contributed by atoms with E-state index in [0.29, 0.717) is 35.5 Å². The average Bonchev–Trinajstić information content (AvgIpc) is 3.17. The van der Waals surface area contributed by atoms with Gasteiger partial charge in [0, 0.05) is 13.1 Å². The van der Waals surface area contributed by atoms with Crippen molar-refractivity contribution in [2.24, 2.45) is 0 Å². The van der Waals surface area contributed by atoms with Crippen molar-refractivity contribution in [3.05, 3.63) is 42.5 Å². The summed E-state index contributed by atoms with van der Waals surface area (Å²) in [6, 6.07) is 13.1. The second-order valence-electron chi connectivity index (χ2n) is 6.96. The highest BCUT2D eigenvalue weighted by Crippen LogP contribution is 2.35. The number of benzene rings is 2. The molecule has 0 saturated heterocycles. The first-order chi connectivity index (χ1) is 14.1. The Labute approximate surface area is 173 Å². The Morgan fingerprint density at radius 1 is 1.17 bits per heavy atom. The number of fused-ring (bicyclic) bond motifs is 2. The van der Waals surface area contributed by atoms with Gasteiger partial charge in [0.15, 0.2) is 16.6 Å². The minimum absolute atomic E-state index is 0.167. The Morgan fingerprint density at radius 3 is 2.72 bits per heavy atom. The molecule has 1 atom stereocenters. The molecule has 1 amide bonds. The lowest BCUT2D eigenvalue weighted by molar-refractivity contribution is -0.127. The number of para-hydroxylation sites is 3. The molecule has 2 heterocycles. The van der Waals surface area contributed by atoms with Crippen molar-refractivity contribution in [2.45, 2.75) is 6.10 Å². The molecule has 0 radical (unpaired) electrons. The summed E-state index contributed by atoms with van der Waals surface area (Å²) >= 11 is 1.46. The quantitative estimate of drug-likeness (QED) is 0.619. The number of likely N-dealkylation sites (N-methyl/N-ethyl adjacent to an activating group) is 1. The lowest BCUT2D eigenvalue weighted by atomic mass is 10.2. The van der Waals surface area contributed by atoms with Crippen molar-refractivity contribution in [3.8, 4) is 17.2 Å². The molecule has 29 heavy (non-hydrogen) atoms. The van der Waals surface area contributed by atoms with E-state index in [4.69, 9.17) is 19.2 Å². The minimum Gasteiger partial charge on any atom is -0.494 e. The van der Waals surface area contributed by atoms with Gasteiger partial charge in [-0.1, -0.05) is 29.5 Å². The Bertz CT molecular complexity index is 1020. The zero-order chi connectivity index (χ0) is 20.4. The van der Waals surface area contributed by atoms with Gasteiger partial charge < -0.3 is 19.1 Å². The van der Waals surface area contributed by atoms with Gasteiger partial charge in [-0.3, -0.25) is 9.69 Å². The van der Waals surface area contributed by atoms with Crippen LogP contribution in [0.2, 0.25) is 0 Å². The van der Waals surface area contributed by atoms with Crippen LogP contribution in [0, 0.1) is 0 Å². The van der Waals surface area contributed by atoms with E-state index in [1.54, 1.807) is 12.0 Å². The fourth-order valence-corrected chi connectivity index (χ4v) is 4.12. The first kappa shape index (κ1) is 19.5. The van der Waals surface area contributed by atoms with E-state index in [2.05, 4.69) is 0 Å². The Kier molecular flexibility index (Phi) is 5.55. The van der Waals surface area contributed by atoms with E-state index >= 15 is 0 Å². The smallest absolute Gasteiger partial charge is 0.273 e. The number of methoxy groups -OCH3 is 1. The molecule has 0 spiro atoms. The minimum atomic E-state index is -0.721. The van der Waals surface area contributed by atoms with Crippen molar-refractivity contribution >= 4 is 32.6 Å². The number of thiazole rings is 1. The molecular weight excluding hydrogens is 390 g/mol. The van der Waals surface area contributed by atoms with Gasteiger partial charge in [-0.2, -0.15) is 0 Å². The molecule has 152 valence electrons. The molecule has 1 aliphatic rings. The van der Waals surface area contributed by atoms with Crippen LogP contribution in [-0.4, -0.2) is 62.8 Å². The first-order valence-corrected chi connectivity index (χ1v) is 10.2. The third-order valence-corrected chi connectivity index (χ3v) is 5.69. The Balaban J connectivity index is 1.64. The number of carbonyl (C=O) groups excluding carboxylic acids is 1.